The summed E-state index contributed by atoms with van der Waals surface area (Å²) >= 11 is 5.86. The molecule has 3 nitrogen and oxygen atoms in total. The van der Waals surface area contributed by atoms with Crippen LogP contribution in [0.1, 0.15) is 19.4 Å². The summed E-state index contributed by atoms with van der Waals surface area (Å²) in [5.41, 5.74) is 0.926. The molecule has 0 heterocycles. The van der Waals surface area contributed by atoms with Crippen LogP contribution >= 0.6 is 11.6 Å². The van der Waals surface area contributed by atoms with Gasteiger partial charge in [-0.3, -0.25) is 0 Å². The fraction of sp³-hybridized carbons (Fsp3) is 0.538. The Bertz CT molecular complexity index is 317. The Kier molecular flexibility index (Phi) is 6.16. The molecule has 0 amide bonds. The lowest BCUT2D eigenvalue weighted by Gasteiger charge is -2.14. The molecule has 1 aromatic rings. The highest BCUT2D eigenvalue weighted by molar-refractivity contribution is 6.17. The lowest BCUT2D eigenvalue weighted by molar-refractivity contribution is 0.0545. The second-order valence-electron chi connectivity index (χ2n) is 3.85. The van der Waals surface area contributed by atoms with E-state index >= 15 is 0 Å². The molecule has 0 bridgehead atoms. The molecule has 0 unspecified atom stereocenters. The predicted octanol–water partition coefficient (Wildman–Crippen LogP) is 3.24. The van der Waals surface area contributed by atoms with Gasteiger partial charge in [-0.2, -0.15) is 0 Å². The van der Waals surface area contributed by atoms with E-state index < -0.39 is 0 Å². The SMILES string of the molecule is COc1cccc(CCl)c1OCCOC(C)C. The van der Waals surface area contributed by atoms with E-state index in [0.29, 0.717) is 30.6 Å². The number of ether oxygens (including phenoxy) is 3. The zero-order chi connectivity index (χ0) is 12.7. The molecule has 0 saturated heterocycles. The Labute approximate surface area is 108 Å². The van der Waals surface area contributed by atoms with Crippen LogP contribution in [0.3, 0.4) is 0 Å². The first-order valence-corrected chi connectivity index (χ1v) is 6.18. The molecule has 0 spiro atoms. The van der Waals surface area contributed by atoms with E-state index in [-0.39, 0.29) is 6.10 Å². The van der Waals surface area contributed by atoms with Gasteiger partial charge in [0.05, 0.1) is 25.7 Å². The number of hydrogen-bond acceptors (Lipinski definition) is 3. The normalized spacial score (nSPS) is 10.6. The molecule has 96 valence electrons. The van der Waals surface area contributed by atoms with E-state index in [4.69, 9.17) is 25.8 Å². The van der Waals surface area contributed by atoms with Gasteiger partial charge < -0.3 is 14.2 Å². The lowest BCUT2D eigenvalue weighted by Crippen LogP contribution is -2.12. The van der Waals surface area contributed by atoms with Gasteiger partial charge in [0.15, 0.2) is 11.5 Å². The van der Waals surface area contributed by atoms with E-state index in [2.05, 4.69) is 0 Å². The second kappa shape index (κ2) is 7.41. The zero-order valence-corrected chi connectivity index (χ0v) is 11.3. The van der Waals surface area contributed by atoms with Crippen LogP contribution in [0.4, 0.5) is 0 Å². The maximum Gasteiger partial charge on any atom is 0.165 e. The number of rotatable bonds is 7. The van der Waals surface area contributed by atoms with Crippen molar-refractivity contribution in [2.75, 3.05) is 20.3 Å². The average Bonchev–Trinajstić information content (AvgIpc) is 2.34. The lowest BCUT2D eigenvalue weighted by atomic mass is 10.2. The molecule has 0 atom stereocenters. The number of para-hydroxylation sites is 1. The third-order valence-electron chi connectivity index (χ3n) is 2.21. The van der Waals surface area contributed by atoms with Gasteiger partial charge in [-0.25, -0.2) is 0 Å². The standard InChI is InChI=1S/C13H19ClO3/c1-10(2)16-7-8-17-13-11(9-14)5-4-6-12(13)15-3/h4-6,10H,7-9H2,1-3H3. The fourth-order valence-corrected chi connectivity index (χ4v) is 1.63. The molecule has 0 aliphatic carbocycles. The molecule has 0 saturated carbocycles. The van der Waals surface area contributed by atoms with Crippen LogP contribution < -0.4 is 9.47 Å². The predicted molar refractivity (Wildman–Crippen MR) is 69.1 cm³/mol. The molecule has 1 aromatic carbocycles. The average molecular weight is 259 g/mol. The van der Waals surface area contributed by atoms with Crippen molar-refractivity contribution in [2.45, 2.75) is 25.8 Å². The van der Waals surface area contributed by atoms with Crippen LogP contribution in [0.5, 0.6) is 11.5 Å². The summed E-state index contributed by atoms with van der Waals surface area (Å²) in [6.07, 6.45) is 0.212. The molecule has 0 aliphatic heterocycles. The number of benzene rings is 1. The molecule has 0 radical (unpaired) electrons. The summed E-state index contributed by atoms with van der Waals surface area (Å²) in [5, 5.41) is 0. The van der Waals surface area contributed by atoms with Crippen LogP contribution in [0.25, 0.3) is 0 Å². The first-order chi connectivity index (χ1) is 8.19. The number of halogens is 1. The Morgan fingerprint density at radius 2 is 2.00 bits per heavy atom. The van der Waals surface area contributed by atoms with Crippen molar-refractivity contribution in [3.05, 3.63) is 23.8 Å². The van der Waals surface area contributed by atoms with Gasteiger partial charge in [-0.1, -0.05) is 12.1 Å². The summed E-state index contributed by atoms with van der Waals surface area (Å²) in [4.78, 5) is 0. The fourth-order valence-electron chi connectivity index (χ4n) is 1.42. The Balaban J connectivity index is 2.61. The Hall–Kier alpha value is -0.930. The number of methoxy groups -OCH3 is 1. The maximum atomic E-state index is 5.86. The van der Waals surface area contributed by atoms with E-state index in [1.165, 1.54) is 0 Å². The monoisotopic (exact) mass is 258 g/mol. The summed E-state index contributed by atoms with van der Waals surface area (Å²) in [6.45, 7) is 5.03. The van der Waals surface area contributed by atoms with Gasteiger partial charge in [0.25, 0.3) is 0 Å². The largest absolute Gasteiger partial charge is 0.493 e. The highest BCUT2D eigenvalue weighted by Gasteiger charge is 2.09. The highest BCUT2D eigenvalue weighted by atomic mass is 35.5. The molecule has 0 N–H and O–H groups in total. The van der Waals surface area contributed by atoms with E-state index in [9.17, 15) is 0 Å². The van der Waals surface area contributed by atoms with Crippen LogP contribution in [0.2, 0.25) is 0 Å². The van der Waals surface area contributed by atoms with E-state index in [0.717, 1.165) is 5.56 Å². The van der Waals surface area contributed by atoms with Gasteiger partial charge >= 0.3 is 0 Å². The summed E-state index contributed by atoms with van der Waals surface area (Å²) in [7, 11) is 1.62. The third kappa shape index (κ3) is 4.44. The smallest absolute Gasteiger partial charge is 0.165 e. The van der Waals surface area contributed by atoms with Crippen molar-refractivity contribution in [1.29, 1.82) is 0 Å². The second-order valence-corrected chi connectivity index (χ2v) is 4.12. The Morgan fingerprint density at radius 1 is 1.24 bits per heavy atom. The quantitative estimate of drug-likeness (QED) is 0.555. The van der Waals surface area contributed by atoms with Gasteiger partial charge in [0, 0.05) is 5.56 Å². The Morgan fingerprint density at radius 3 is 2.59 bits per heavy atom. The maximum absolute atomic E-state index is 5.86. The van der Waals surface area contributed by atoms with Crippen LogP contribution in [-0.4, -0.2) is 26.4 Å². The topological polar surface area (TPSA) is 27.7 Å². The number of hydrogen-bond donors (Lipinski definition) is 0. The first-order valence-electron chi connectivity index (χ1n) is 5.65. The van der Waals surface area contributed by atoms with Crippen molar-refractivity contribution in [3.63, 3.8) is 0 Å². The van der Waals surface area contributed by atoms with Crippen LogP contribution in [0.15, 0.2) is 18.2 Å². The van der Waals surface area contributed by atoms with Gasteiger partial charge in [-0.15, -0.1) is 11.6 Å². The van der Waals surface area contributed by atoms with Crippen LogP contribution in [0, 0.1) is 0 Å². The zero-order valence-electron chi connectivity index (χ0n) is 10.5. The molecule has 0 aliphatic rings. The van der Waals surface area contributed by atoms with Crippen molar-refractivity contribution < 1.29 is 14.2 Å². The molecular weight excluding hydrogens is 240 g/mol. The molecule has 17 heavy (non-hydrogen) atoms. The first kappa shape index (κ1) is 14.1. The summed E-state index contributed by atoms with van der Waals surface area (Å²) in [6, 6.07) is 5.68. The van der Waals surface area contributed by atoms with E-state index in [1.54, 1.807) is 7.11 Å². The van der Waals surface area contributed by atoms with Gasteiger partial charge in [0.1, 0.15) is 6.61 Å². The van der Waals surface area contributed by atoms with Gasteiger partial charge in [0.2, 0.25) is 0 Å². The summed E-state index contributed by atoms with van der Waals surface area (Å²) in [5.74, 6) is 1.81. The molecular formula is C13H19ClO3. The van der Waals surface area contributed by atoms with Gasteiger partial charge in [-0.05, 0) is 19.9 Å². The van der Waals surface area contributed by atoms with Crippen molar-refractivity contribution in [1.82, 2.24) is 0 Å². The minimum atomic E-state index is 0.212. The minimum Gasteiger partial charge on any atom is -0.493 e. The van der Waals surface area contributed by atoms with E-state index in [1.807, 2.05) is 32.0 Å². The summed E-state index contributed by atoms with van der Waals surface area (Å²) < 4.78 is 16.3. The van der Waals surface area contributed by atoms with Crippen molar-refractivity contribution in [2.24, 2.45) is 0 Å². The van der Waals surface area contributed by atoms with Crippen molar-refractivity contribution >= 4 is 11.6 Å². The third-order valence-corrected chi connectivity index (χ3v) is 2.49. The minimum absolute atomic E-state index is 0.212. The molecule has 1 rings (SSSR count). The molecule has 4 heteroatoms. The van der Waals surface area contributed by atoms with Crippen molar-refractivity contribution in [3.8, 4) is 11.5 Å². The molecule has 0 fully saturated rings. The van der Waals surface area contributed by atoms with Crippen LogP contribution in [-0.2, 0) is 10.6 Å². The number of alkyl halides is 1. The molecule has 0 aromatic heterocycles. The highest BCUT2D eigenvalue weighted by Crippen LogP contribution is 2.31.